The summed E-state index contributed by atoms with van der Waals surface area (Å²) in [5, 5.41) is 12.0. The van der Waals surface area contributed by atoms with Crippen LogP contribution < -0.4 is 15.8 Å². The molecule has 0 radical (unpaired) electrons. The van der Waals surface area contributed by atoms with Crippen LogP contribution in [-0.2, 0) is 11.3 Å². The molecule has 24 heavy (non-hydrogen) atoms. The van der Waals surface area contributed by atoms with Gasteiger partial charge in [0.2, 0.25) is 5.91 Å². The van der Waals surface area contributed by atoms with Gasteiger partial charge >= 0.3 is 0 Å². The minimum absolute atomic E-state index is 0.0220. The number of nitrogens with two attached hydrogens (primary N) is 1. The lowest BCUT2D eigenvalue weighted by molar-refractivity contribution is -0.128. The predicted octanol–water partition coefficient (Wildman–Crippen LogP) is 1.83. The Morgan fingerprint density at radius 3 is 2.67 bits per heavy atom. The Labute approximate surface area is 143 Å². The van der Waals surface area contributed by atoms with Crippen molar-refractivity contribution < 1.29 is 14.6 Å². The van der Waals surface area contributed by atoms with E-state index in [1.165, 1.54) is 19.3 Å². The van der Waals surface area contributed by atoms with E-state index in [4.69, 9.17) is 15.6 Å². The Balaban J connectivity index is 1.56. The second-order valence-electron chi connectivity index (χ2n) is 7.09. The second-order valence-corrected chi connectivity index (χ2v) is 7.09. The van der Waals surface area contributed by atoms with Crippen LogP contribution in [0.2, 0.25) is 0 Å². The molecule has 0 saturated heterocycles. The zero-order valence-electron chi connectivity index (χ0n) is 14.1. The third kappa shape index (κ3) is 3.90. The SMILES string of the molecule is NC1C2CCCC1CC(C(=O)NCc1ccccc1OCCO)C2. The number of aliphatic hydroxyl groups is 1. The molecule has 3 rings (SSSR count). The molecule has 2 aliphatic carbocycles. The minimum Gasteiger partial charge on any atom is -0.491 e. The second kappa shape index (κ2) is 7.99. The summed E-state index contributed by atoms with van der Waals surface area (Å²) in [5.41, 5.74) is 7.25. The first kappa shape index (κ1) is 17.2. The number of hydrogen-bond acceptors (Lipinski definition) is 4. The van der Waals surface area contributed by atoms with E-state index >= 15 is 0 Å². The number of fused-ring (bicyclic) bond motifs is 2. The van der Waals surface area contributed by atoms with E-state index in [1.54, 1.807) is 0 Å². The Morgan fingerprint density at radius 1 is 1.25 bits per heavy atom. The van der Waals surface area contributed by atoms with Crippen LogP contribution in [0.25, 0.3) is 0 Å². The Morgan fingerprint density at radius 2 is 1.96 bits per heavy atom. The number of hydrogen-bond donors (Lipinski definition) is 3. The van der Waals surface area contributed by atoms with Crippen LogP contribution in [-0.4, -0.2) is 30.3 Å². The van der Waals surface area contributed by atoms with Gasteiger partial charge in [0.05, 0.1) is 6.61 Å². The highest BCUT2D eigenvalue weighted by atomic mass is 16.5. The quantitative estimate of drug-likeness (QED) is 0.742. The first-order valence-corrected chi connectivity index (χ1v) is 9.04. The molecule has 0 spiro atoms. The first-order valence-electron chi connectivity index (χ1n) is 9.04. The van der Waals surface area contributed by atoms with Crippen molar-refractivity contribution in [3.05, 3.63) is 29.8 Å². The summed E-state index contributed by atoms with van der Waals surface area (Å²) in [4.78, 5) is 12.6. The van der Waals surface area contributed by atoms with Crippen molar-refractivity contribution in [2.45, 2.75) is 44.7 Å². The van der Waals surface area contributed by atoms with Crippen LogP contribution in [0, 0.1) is 17.8 Å². The van der Waals surface area contributed by atoms with Crippen molar-refractivity contribution in [1.82, 2.24) is 5.32 Å². The highest BCUT2D eigenvalue weighted by molar-refractivity contribution is 5.78. The van der Waals surface area contributed by atoms with Crippen LogP contribution in [0.5, 0.6) is 5.75 Å². The number of para-hydroxylation sites is 1. The van der Waals surface area contributed by atoms with Gasteiger partial charge in [0.1, 0.15) is 12.4 Å². The average molecular weight is 332 g/mol. The summed E-state index contributed by atoms with van der Waals surface area (Å²) in [6, 6.07) is 7.91. The van der Waals surface area contributed by atoms with Gasteiger partial charge in [0, 0.05) is 24.1 Å². The molecule has 2 fully saturated rings. The van der Waals surface area contributed by atoms with E-state index in [2.05, 4.69) is 5.32 Å². The highest BCUT2D eigenvalue weighted by Gasteiger charge is 2.40. The lowest BCUT2D eigenvalue weighted by Gasteiger charge is -2.43. The third-order valence-corrected chi connectivity index (χ3v) is 5.56. The summed E-state index contributed by atoms with van der Waals surface area (Å²) >= 11 is 0. The molecule has 4 N–H and O–H groups in total. The van der Waals surface area contributed by atoms with Gasteiger partial charge in [-0.25, -0.2) is 0 Å². The monoisotopic (exact) mass is 332 g/mol. The lowest BCUT2D eigenvalue weighted by Crippen LogP contribution is -2.49. The summed E-state index contributed by atoms with van der Waals surface area (Å²) in [6.45, 7) is 0.693. The maximum atomic E-state index is 12.6. The summed E-state index contributed by atoms with van der Waals surface area (Å²) in [6.07, 6.45) is 5.43. The Kier molecular flexibility index (Phi) is 5.74. The zero-order valence-corrected chi connectivity index (χ0v) is 14.1. The van der Waals surface area contributed by atoms with Crippen LogP contribution in [0.4, 0.5) is 0 Å². The number of ether oxygens (including phenoxy) is 1. The number of nitrogens with one attached hydrogen (secondary N) is 1. The fraction of sp³-hybridized carbons (Fsp3) is 0.632. The molecule has 2 bridgehead atoms. The van der Waals surface area contributed by atoms with Gasteiger partial charge in [0.25, 0.3) is 0 Å². The predicted molar refractivity (Wildman–Crippen MR) is 92.4 cm³/mol. The molecule has 2 saturated carbocycles. The van der Waals surface area contributed by atoms with Crippen LogP contribution >= 0.6 is 0 Å². The molecule has 1 amide bonds. The molecule has 2 atom stereocenters. The number of carbonyl (C=O) groups is 1. The highest BCUT2D eigenvalue weighted by Crippen LogP contribution is 2.41. The number of amides is 1. The maximum absolute atomic E-state index is 12.6. The van der Waals surface area contributed by atoms with Gasteiger partial charge in [-0.05, 0) is 43.6 Å². The van der Waals surface area contributed by atoms with Gasteiger partial charge < -0.3 is 20.9 Å². The first-order chi connectivity index (χ1) is 11.7. The number of carbonyl (C=O) groups excluding carboxylic acids is 1. The molecular formula is C19H28N2O3. The summed E-state index contributed by atoms with van der Waals surface area (Å²) < 4.78 is 5.52. The van der Waals surface area contributed by atoms with Crippen LogP contribution in [0.3, 0.4) is 0 Å². The van der Waals surface area contributed by atoms with Crippen LogP contribution in [0.1, 0.15) is 37.7 Å². The zero-order chi connectivity index (χ0) is 16.9. The van der Waals surface area contributed by atoms with E-state index in [0.717, 1.165) is 24.2 Å². The molecule has 5 nitrogen and oxygen atoms in total. The normalized spacial score (nSPS) is 29.1. The molecule has 2 aliphatic rings. The van der Waals surface area contributed by atoms with E-state index in [-0.39, 0.29) is 31.1 Å². The van der Waals surface area contributed by atoms with E-state index in [9.17, 15) is 4.79 Å². The minimum atomic E-state index is -0.0220. The fourth-order valence-corrected chi connectivity index (χ4v) is 4.28. The number of aliphatic hydroxyl groups excluding tert-OH is 1. The van der Waals surface area contributed by atoms with Gasteiger partial charge in [-0.2, -0.15) is 0 Å². The number of rotatable bonds is 6. The van der Waals surface area contributed by atoms with Gasteiger partial charge in [-0.15, -0.1) is 0 Å². The largest absolute Gasteiger partial charge is 0.491 e. The molecule has 5 heteroatoms. The van der Waals surface area contributed by atoms with Crippen molar-refractivity contribution >= 4 is 5.91 Å². The maximum Gasteiger partial charge on any atom is 0.223 e. The Bertz CT molecular complexity index is 549. The smallest absolute Gasteiger partial charge is 0.223 e. The molecule has 0 aliphatic heterocycles. The average Bonchev–Trinajstić information content (AvgIpc) is 2.58. The third-order valence-electron chi connectivity index (χ3n) is 5.56. The summed E-state index contributed by atoms with van der Waals surface area (Å²) in [7, 11) is 0. The van der Waals surface area contributed by atoms with Gasteiger partial charge in [0.15, 0.2) is 0 Å². The van der Waals surface area contributed by atoms with Crippen molar-refractivity contribution in [3.8, 4) is 5.75 Å². The Hall–Kier alpha value is -1.59. The fourth-order valence-electron chi connectivity index (χ4n) is 4.28. The standard InChI is InChI=1S/C19H28N2O3/c20-18-13-5-3-6-14(18)11-16(10-13)19(23)21-12-15-4-1-2-7-17(15)24-9-8-22/h1-2,4,7,13-14,16,18,22H,3,5-6,8-12,20H2,(H,21,23). The van der Waals surface area contributed by atoms with Gasteiger partial charge in [-0.3, -0.25) is 4.79 Å². The molecule has 2 unspecified atom stereocenters. The topological polar surface area (TPSA) is 84.6 Å². The van der Waals surface area contributed by atoms with Crippen molar-refractivity contribution in [3.63, 3.8) is 0 Å². The molecule has 132 valence electrons. The van der Waals surface area contributed by atoms with Crippen molar-refractivity contribution in [1.29, 1.82) is 0 Å². The van der Waals surface area contributed by atoms with Gasteiger partial charge in [-0.1, -0.05) is 24.6 Å². The molecule has 1 aromatic carbocycles. The number of benzene rings is 1. The van der Waals surface area contributed by atoms with E-state index in [0.29, 0.717) is 18.4 Å². The van der Waals surface area contributed by atoms with E-state index in [1.807, 2.05) is 24.3 Å². The molecular weight excluding hydrogens is 304 g/mol. The molecule has 1 aromatic rings. The summed E-state index contributed by atoms with van der Waals surface area (Å²) in [5.74, 6) is 1.96. The molecule has 0 aromatic heterocycles. The molecule has 0 heterocycles. The lowest BCUT2D eigenvalue weighted by atomic mass is 9.65. The van der Waals surface area contributed by atoms with Crippen molar-refractivity contribution in [2.24, 2.45) is 23.5 Å². The van der Waals surface area contributed by atoms with Crippen LogP contribution in [0.15, 0.2) is 24.3 Å². The van der Waals surface area contributed by atoms with Crippen molar-refractivity contribution in [2.75, 3.05) is 13.2 Å². The van der Waals surface area contributed by atoms with E-state index < -0.39 is 0 Å².